The molecule has 9 heteroatoms. The summed E-state index contributed by atoms with van der Waals surface area (Å²) in [4.78, 5) is 37.4. The maximum atomic E-state index is 12.7. The van der Waals surface area contributed by atoms with Crippen LogP contribution in [0.3, 0.4) is 0 Å². The Balaban J connectivity index is 1.33. The van der Waals surface area contributed by atoms with E-state index in [2.05, 4.69) is 20.4 Å². The molecule has 1 saturated heterocycles. The molecule has 0 saturated carbocycles. The third kappa shape index (κ3) is 4.24. The van der Waals surface area contributed by atoms with E-state index < -0.39 is 0 Å². The number of aromatic nitrogens is 4. The summed E-state index contributed by atoms with van der Waals surface area (Å²) >= 11 is 0. The normalized spacial score (nSPS) is 14.2. The number of aryl methyl sites for hydroxylation is 3. The number of nitrogens with one attached hydrogen (secondary N) is 1. The van der Waals surface area contributed by atoms with Crippen LogP contribution >= 0.6 is 0 Å². The highest BCUT2D eigenvalue weighted by molar-refractivity contribution is 5.89. The first-order chi connectivity index (χ1) is 14.4. The molecule has 30 heavy (non-hydrogen) atoms. The van der Waals surface area contributed by atoms with Gasteiger partial charge in [-0.1, -0.05) is 12.1 Å². The van der Waals surface area contributed by atoms with Crippen molar-refractivity contribution in [3.8, 4) is 0 Å². The summed E-state index contributed by atoms with van der Waals surface area (Å²) in [5.41, 5.74) is 3.65. The molecule has 3 amide bonds. The molecule has 1 fully saturated rings. The number of nitrogens with zero attached hydrogens (tertiary/aromatic N) is 6. The Labute approximate surface area is 174 Å². The van der Waals surface area contributed by atoms with Crippen LogP contribution in [0, 0.1) is 20.8 Å². The van der Waals surface area contributed by atoms with Crippen LogP contribution in [0.1, 0.15) is 22.8 Å². The second-order valence-electron chi connectivity index (χ2n) is 7.62. The van der Waals surface area contributed by atoms with Crippen molar-refractivity contribution in [3.05, 3.63) is 53.1 Å². The highest BCUT2D eigenvalue weighted by atomic mass is 16.2. The summed E-state index contributed by atoms with van der Waals surface area (Å²) < 4.78 is 1.66. The van der Waals surface area contributed by atoms with Gasteiger partial charge < -0.3 is 15.1 Å². The number of carbonyl (C=O) groups excluding carboxylic acids is 2. The molecule has 3 aromatic rings. The van der Waals surface area contributed by atoms with E-state index in [1.54, 1.807) is 14.3 Å². The number of piperazine rings is 1. The molecule has 1 aliphatic heterocycles. The lowest BCUT2D eigenvalue weighted by atomic mass is 10.2. The number of hydrogen-bond acceptors (Lipinski definition) is 5. The van der Waals surface area contributed by atoms with Crippen molar-refractivity contribution in [1.29, 1.82) is 0 Å². The highest BCUT2D eigenvalue weighted by Crippen LogP contribution is 2.12. The minimum Gasteiger partial charge on any atom is -0.339 e. The number of amides is 3. The molecule has 0 atom stereocenters. The molecule has 1 aromatic carbocycles. The Morgan fingerprint density at radius 2 is 1.73 bits per heavy atom. The smallest absolute Gasteiger partial charge is 0.321 e. The van der Waals surface area contributed by atoms with Gasteiger partial charge in [-0.2, -0.15) is 4.98 Å². The molecule has 0 unspecified atom stereocenters. The number of rotatable bonds is 3. The van der Waals surface area contributed by atoms with Gasteiger partial charge >= 0.3 is 6.03 Å². The molecular formula is C21H25N7O2. The molecule has 0 aliphatic carbocycles. The summed E-state index contributed by atoms with van der Waals surface area (Å²) in [6.07, 6.45) is 0.122. The monoisotopic (exact) mass is 407 g/mol. The molecule has 2 aromatic heterocycles. The Kier molecular flexibility index (Phi) is 5.35. The molecular weight excluding hydrogens is 382 g/mol. The molecule has 3 heterocycles. The Hall–Kier alpha value is -3.49. The van der Waals surface area contributed by atoms with Crippen molar-refractivity contribution in [2.45, 2.75) is 27.2 Å². The summed E-state index contributed by atoms with van der Waals surface area (Å²) in [5.74, 6) is 0.924. The number of hydrogen-bond donors (Lipinski definition) is 1. The molecule has 0 bridgehead atoms. The second-order valence-corrected chi connectivity index (χ2v) is 7.62. The number of anilines is 1. The number of benzene rings is 1. The number of carbonyl (C=O) groups is 2. The minimum absolute atomic E-state index is 0.0426. The molecule has 0 radical (unpaired) electrons. The van der Waals surface area contributed by atoms with Crippen LogP contribution < -0.4 is 5.32 Å². The van der Waals surface area contributed by atoms with Crippen LogP contribution in [0.5, 0.6) is 0 Å². The Morgan fingerprint density at radius 3 is 2.47 bits per heavy atom. The van der Waals surface area contributed by atoms with Gasteiger partial charge in [0.25, 0.3) is 5.78 Å². The maximum Gasteiger partial charge on any atom is 0.321 e. The topological polar surface area (TPSA) is 95.7 Å². The summed E-state index contributed by atoms with van der Waals surface area (Å²) in [6.45, 7) is 7.78. The molecule has 0 spiro atoms. The van der Waals surface area contributed by atoms with Gasteiger partial charge in [0.1, 0.15) is 0 Å². The van der Waals surface area contributed by atoms with E-state index in [0.29, 0.717) is 37.8 Å². The van der Waals surface area contributed by atoms with E-state index in [4.69, 9.17) is 0 Å². The van der Waals surface area contributed by atoms with Gasteiger partial charge in [-0.3, -0.25) is 4.79 Å². The van der Waals surface area contributed by atoms with Crippen molar-refractivity contribution in [1.82, 2.24) is 29.4 Å². The maximum absolute atomic E-state index is 12.7. The first-order valence-electron chi connectivity index (χ1n) is 9.99. The molecule has 1 N–H and O–H groups in total. The zero-order chi connectivity index (χ0) is 21.3. The largest absolute Gasteiger partial charge is 0.339 e. The van der Waals surface area contributed by atoms with E-state index in [1.807, 2.05) is 51.1 Å². The summed E-state index contributed by atoms with van der Waals surface area (Å²) in [7, 11) is 0. The predicted octanol–water partition coefficient (Wildman–Crippen LogP) is 1.97. The molecule has 156 valence electrons. The zero-order valence-corrected chi connectivity index (χ0v) is 17.4. The predicted molar refractivity (Wildman–Crippen MR) is 112 cm³/mol. The SMILES string of the molecule is Cc1cccc(NC(=O)N2CCN(C(=O)Cc3nc4nc(C)cc(C)n4n3)CC2)c1. The first kappa shape index (κ1) is 19.8. The summed E-state index contributed by atoms with van der Waals surface area (Å²) in [6, 6.07) is 9.46. The van der Waals surface area contributed by atoms with Crippen molar-refractivity contribution < 1.29 is 9.59 Å². The van der Waals surface area contributed by atoms with E-state index in [1.165, 1.54) is 0 Å². The highest BCUT2D eigenvalue weighted by Gasteiger charge is 2.25. The van der Waals surface area contributed by atoms with Crippen molar-refractivity contribution in [2.24, 2.45) is 0 Å². The van der Waals surface area contributed by atoms with E-state index in [9.17, 15) is 9.59 Å². The minimum atomic E-state index is -0.147. The van der Waals surface area contributed by atoms with Gasteiger partial charge in [-0.15, -0.1) is 5.10 Å². The van der Waals surface area contributed by atoms with Gasteiger partial charge in [0.15, 0.2) is 5.82 Å². The van der Waals surface area contributed by atoms with E-state index >= 15 is 0 Å². The van der Waals surface area contributed by atoms with E-state index in [-0.39, 0.29) is 18.4 Å². The Morgan fingerprint density at radius 1 is 1.00 bits per heavy atom. The van der Waals surface area contributed by atoms with Crippen LogP contribution in [-0.4, -0.2) is 67.5 Å². The lowest BCUT2D eigenvalue weighted by molar-refractivity contribution is -0.131. The van der Waals surface area contributed by atoms with Crippen LogP contribution in [-0.2, 0) is 11.2 Å². The molecule has 1 aliphatic rings. The molecule has 4 rings (SSSR count). The first-order valence-corrected chi connectivity index (χ1v) is 9.99. The third-order valence-corrected chi connectivity index (χ3v) is 5.16. The van der Waals surface area contributed by atoms with E-state index in [0.717, 1.165) is 22.6 Å². The second kappa shape index (κ2) is 8.10. The lowest BCUT2D eigenvalue weighted by Gasteiger charge is -2.34. The van der Waals surface area contributed by atoms with Gasteiger partial charge in [0, 0.05) is 43.3 Å². The number of fused-ring (bicyclic) bond motifs is 1. The fourth-order valence-electron chi connectivity index (χ4n) is 3.61. The van der Waals surface area contributed by atoms with Gasteiger partial charge in [0.05, 0.1) is 6.42 Å². The lowest BCUT2D eigenvalue weighted by Crippen LogP contribution is -2.52. The van der Waals surface area contributed by atoms with Gasteiger partial charge in [-0.05, 0) is 44.5 Å². The molecule has 9 nitrogen and oxygen atoms in total. The third-order valence-electron chi connectivity index (χ3n) is 5.16. The van der Waals surface area contributed by atoms with Crippen molar-refractivity contribution in [2.75, 3.05) is 31.5 Å². The fourth-order valence-corrected chi connectivity index (χ4v) is 3.61. The standard InChI is InChI=1S/C21H25N7O2/c1-14-5-4-6-17(11-14)23-21(30)27-9-7-26(8-10-27)19(29)13-18-24-20-22-15(2)12-16(3)28(20)25-18/h4-6,11-12H,7-10,13H2,1-3H3,(H,23,30). The average molecular weight is 407 g/mol. The van der Waals surface area contributed by atoms with Crippen LogP contribution in [0.2, 0.25) is 0 Å². The van der Waals surface area contributed by atoms with Crippen LogP contribution in [0.15, 0.2) is 30.3 Å². The van der Waals surface area contributed by atoms with Gasteiger partial charge in [0.2, 0.25) is 5.91 Å². The summed E-state index contributed by atoms with van der Waals surface area (Å²) in [5, 5.41) is 7.32. The van der Waals surface area contributed by atoms with Crippen molar-refractivity contribution in [3.63, 3.8) is 0 Å². The fraction of sp³-hybridized carbons (Fsp3) is 0.381. The van der Waals surface area contributed by atoms with Crippen LogP contribution in [0.25, 0.3) is 5.78 Å². The Bertz CT molecular complexity index is 1100. The van der Waals surface area contributed by atoms with Crippen molar-refractivity contribution >= 4 is 23.4 Å². The number of urea groups is 1. The average Bonchev–Trinajstić information content (AvgIpc) is 3.10. The quantitative estimate of drug-likeness (QED) is 0.716. The van der Waals surface area contributed by atoms with Gasteiger partial charge in [-0.25, -0.2) is 14.3 Å². The van der Waals surface area contributed by atoms with Crippen LogP contribution in [0.4, 0.5) is 10.5 Å². The zero-order valence-electron chi connectivity index (χ0n) is 17.4.